The number of aliphatic hydroxyl groups is 1. The number of esters is 1. The topological polar surface area (TPSA) is 63.6 Å². The van der Waals surface area contributed by atoms with Crippen LogP contribution in [0, 0.1) is 5.92 Å². The fourth-order valence-electron chi connectivity index (χ4n) is 2.38. The van der Waals surface area contributed by atoms with E-state index in [-0.39, 0.29) is 29.5 Å². The molecule has 1 aromatic carbocycles. The van der Waals surface area contributed by atoms with Crippen molar-refractivity contribution in [2.24, 2.45) is 5.92 Å². The molecule has 4 heteroatoms. The van der Waals surface area contributed by atoms with Crippen LogP contribution in [0.3, 0.4) is 0 Å². The molecule has 0 amide bonds. The van der Waals surface area contributed by atoms with Gasteiger partial charge in [-0.15, -0.1) is 0 Å². The van der Waals surface area contributed by atoms with Crippen molar-refractivity contribution in [3.8, 4) is 0 Å². The molecule has 0 spiro atoms. The highest BCUT2D eigenvalue weighted by molar-refractivity contribution is 6.06. The zero-order valence-electron chi connectivity index (χ0n) is 12.4. The molecule has 0 heterocycles. The lowest BCUT2D eigenvalue weighted by atomic mass is 9.84. The lowest BCUT2D eigenvalue weighted by Crippen LogP contribution is -2.20. The Labute approximate surface area is 129 Å². The number of rotatable bonds is 4. The zero-order chi connectivity index (χ0) is 15.9. The number of carbonyl (C=O) groups is 2. The minimum absolute atomic E-state index is 0.0746. The van der Waals surface area contributed by atoms with Gasteiger partial charge in [-0.2, -0.15) is 0 Å². The van der Waals surface area contributed by atoms with Gasteiger partial charge in [-0.1, -0.05) is 42.5 Å². The summed E-state index contributed by atoms with van der Waals surface area (Å²) in [5.74, 6) is -1.13. The minimum atomic E-state index is -0.398. The van der Waals surface area contributed by atoms with Crippen molar-refractivity contribution in [2.45, 2.75) is 12.8 Å². The third-order valence-corrected chi connectivity index (χ3v) is 3.51. The van der Waals surface area contributed by atoms with E-state index >= 15 is 0 Å². The first-order valence-electron chi connectivity index (χ1n) is 7.05. The summed E-state index contributed by atoms with van der Waals surface area (Å²) in [4.78, 5) is 23.5. The molecule has 0 saturated heterocycles. The van der Waals surface area contributed by atoms with E-state index in [0.717, 1.165) is 5.56 Å². The number of ketones is 1. The fraction of sp³-hybridized carbons (Fsp3) is 0.222. The first kappa shape index (κ1) is 15.8. The molecule has 0 aromatic heterocycles. The van der Waals surface area contributed by atoms with Crippen LogP contribution < -0.4 is 0 Å². The van der Waals surface area contributed by atoms with Gasteiger partial charge in [0.25, 0.3) is 0 Å². The van der Waals surface area contributed by atoms with Crippen LogP contribution in [0.15, 0.2) is 59.9 Å². The largest absolute Gasteiger partial charge is 0.508 e. The summed E-state index contributed by atoms with van der Waals surface area (Å²) in [7, 11) is 1.31. The highest BCUT2D eigenvalue weighted by atomic mass is 16.5. The Morgan fingerprint density at radius 3 is 2.77 bits per heavy atom. The summed E-state index contributed by atoms with van der Waals surface area (Å²) in [6, 6.07) is 9.46. The molecular weight excluding hydrogens is 280 g/mol. The maximum Gasteiger partial charge on any atom is 0.306 e. The molecule has 0 bridgehead atoms. The number of allylic oxidation sites excluding steroid dienone is 4. The van der Waals surface area contributed by atoms with Gasteiger partial charge in [0, 0.05) is 11.5 Å². The molecule has 1 aliphatic carbocycles. The van der Waals surface area contributed by atoms with E-state index in [0.29, 0.717) is 6.42 Å². The van der Waals surface area contributed by atoms with Crippen LogP contribution in [-0.4, -0.2) is 24.0 Å². The normalized spacial score (nSPS) is 20.2. The van der Waals surface area contributed by atoms with E-state index in [2.05, 4.69) is 4.74 Å². The van der Waals surface area contributed by atoms with Crippen molar-refractivity contribution >= 4 is 17.8 Å². The summed E-state index contributed by atoms with van der Waals surface area (Å²) in [5.41, 5.74) is 1.18. The number of benzene rings is 1. The highest BCUT2D eigenvalue weighted by Crippen LogP contribution is 2.28. The first-order valence-corrected chi connectivity index (χ1v) is 7.05. The Hall–Kier alpha value is -2.62. The molecular formula is C18H18O4. The van der Waals surface area contributed by atoms with Gasteiger partial charge in [0.15, 0.2) is 5.78 Å². The van der Waals surface area contributed by atoms with Crippen molar-refractivity contribution in [2.75, 3.05) is 7.11 Å². The molecule has 22 heavy (non-hydrogen) atoms. The molecule has 114 valence electrons. The molecule has 1 aliphatic rings. The molecule has 1 N–H and O–H groups in total. The van der Waals surface area contributed by atoms with E-state index < -0.39 is 5.97 Å². The van der Waals surface area contributed by atoms with Crippen LogP contribution in [-0.2, 0) is 14.3 Å². The third kappa shape index (κ3) is 3.95. The highest BCUT2D eigenvalue weighted by Gasteiger charge is 2.27. The molecule has 0 aliphatic heterocycles. The Bertz CT molecular complexity index is 638. The molecule has 0 saturated carbocycles. The molecule has 2 rings (SSSR count). The first-order chi connectivity index (χ1) is 10.6. The Morgan fingerprint density at radius 2 is 2.09 bits per heavy atom. The smallest absolute Gasteiger partial charge is 0.306 e. The third-order valence-electron chi connectivity index (χ3n) is 3.51. The predicted octanol–water partition coefficient (Wildman–Crippen LogP) is 3.22. The van der Waals surface area contributed by atoms with E-state index in [1.165, 1.54) is 19.3 Å². The number of hydrogen-bond donors (Lipinski definition) is 1. The molecule has 4 nitrogen and oxygen atoms in total. The maximum absolute atomic E-state index is 12.0. The second kappa shape index (κ2) is 7.41. The molecule has 0 unspecified atom stereocenters. The van der Waals surface area contributed by atoms with Crippen molar-refractivity contribution in [1.29, 1.82) is 0 Å². The maximum atomic E-state index is 12.0. The van der Waals surface area contributed by atoms with Gasteiger partial charge >= 0.3 is 5.97 Å². The van der Waals surface area contributed by atoms with Crippen LogP contribution >= 0.6 is 0 Å². The predicted molar refractivity (Wildman–Crippen MR) is 84.0 cm³/mol. The second-order valence-corrected chi connectivity index (χ2v) is 5.02. The van der Waals surface area contributed by atoms with Gasteiger partial charge in [0.1, 0.15) is 5.76 Å². The molecule has 1 atom stereocenters. The van der Waals surface area contributed by atoms with E-state index in [1.54, 1.807) is 12.2 Å². The lowest BCUT2D eigenvalue weighted by molar-refractivity contribution is -0.141. The average Bonchev–Trinajstić information content (AvgIpc) is 2.53. The molecule has 0 radical (unpaired) electrons. The van der Waals surface area contributed by atoms with Crippen molar-refractivity contribution in [1.82, 2.24) is 0 Å². The summed E-state index contributed by atoms with van der Waals surface area (Å²) in [5, 5.41) is 10.2. The summed E-state index contributed by atoms with van der Waals surface area (Å²) in [6.07, 6.45) is 6.96. The lowest BCUT2D eigenvalue weighted by Gasteiger charge is -2.20. The number of carbonyl (C=O) groups excluding carboxylic acids is 2. The zero-order valence-corrected chi connectivity index (χ0v) is 12.4. The Balaban J connectivity index is 2.26. The van der Waals surface area contributed by atoms with Gasteiger partial charge < -0.3 is 9.84 Å². The van der Waals surface area contributed by atoms with Gasteiger partial charge in [-0.3, -0.25) is 9.59 Å². The van der Waals surface area contributed by atoms with E-state index in [9.17, 15) is 14.7 Å². The van der Waals surface area contributed by atoms with E-state index in [4.69, 9.17) is 0 Å². The van der Waals surface area contributed by atoms with Crippen LogP contribution in [0.5, 0.6) is 0 Å². The number of ether oxygens (including phenoxy) is 1. The summed E-state index contributed by atoms with van der Waals surface area (Å²) in [6.45, 7) is 0. The van der Waals surface area contributed by atoms with Crippen molar-refractivity contribution in [3.63, 3.8) is 0 Å². The van der Waals surface area contributed by atoms with Gasteiger partial charge in [0.05, 0.1) is 13.5 Å². The number of methoxy groups -OCH3 is 1. The standard InChI is InChI=1S/C18H18O4/c1-22-17(21)12-14-8-5-9-15(19)18(14)16(20)11-10-13-6-3-2-4-7-13/h2-7,9-11,14,20H,8,12H2,1H3/b11-10+,18-16-/t14-/m0/s1. The van der Waals surface area contributed by atoms with Crippen LogP contribution in [0.25, 0.3) is 6.08 Å². The van der Waals surface area contributed by atoms with Gasteiger partial charge in [-0.05, 0) is 24.1 Å². The van der Waals surface area contributed by atoms with Crippen molar-refractivity contribution < 1.29 is 19.4 Å². The van der Waals surface area contributed by atoms with E-state index in [1.807, 2.05) is 30.3 Å². The minimum Gasteiger partial charge on any atom is -0.508 e. The summed E-state index contributed by atoms with van der Waals surface area (Å²) >= 11 is 0. The molecule has 1 aromatic rings. The fourth-order valence-corrected chi connectivity index (χ4v) is 2.38. The Morgan fingerprint density at radius 1 is 1.36 bits per heavy atom. The number of hydrogen-bond acceptors (Lipinski definition) is 4. The van der Waals surface area contributed by atoms with Crippen molar-refractivity contribution in [3.05, 3.63) is 65.5 Å². The SMILES string of the molecule is COC(=O)C[C@@H]1CC=CC(=O)/C1=C(O)/C=C/c1ccccc1. The van der Waals surface area contributed by atoms with Crippen LogP contribution in [0.1, 0.15) is 18.4 Å². The Kier molecular flexibility index (Phi) is 5.31. The van der Waals surface area contributed by atoms with Gasteiger partial charge in [0.2, 0.25) is 0 Å². The van der Waals surface area contributed by atoms with Crippen LogP contribution in [0.2, 0.25) is 0 Å². The van der Waals surface area contributed by atoms with Crippen LogP contribution in [0.4, 0.5) is 0 Å². The summed E-state index contributed by atoms with van der Waals surface area (Å²) < 4.78 is 4.65. The monoisotopic (exact) mass is 298 g/mol. The average molecular weight is 298 g/mol. The van der Waals surface area contributed by atoms with Gasteiger partial charge in [-0.25, -0.2) is 0 Å². The molecule has 0 fully saturated rings. The quantitative estimate of drug-likeness (QED) is 0.526. The number of aliphatic hydroxyl groups excluding tert-OH is 1. The second-order valence-electron chi connectivity index (χ2n) is 5.02.